The Morgan fingerprint density at radius 3 is 2.31 bits per heavy atom. The third-order valence-corrected chi connectivity index (χ3v) is 3.00. The summed E-state index contributed by atoms with van der Waals surface area (Å²) >= 11 is 3.22. The smallest absolute Gasteiger partial charge is 0.336 e. The maximum absolute atomic E-state index is 11.0. The van der Waals surface area contributed by atoms with Gasteiger partial charge >= 0.3 is 5.97 Å². The fourth-order valence-corrected chi connectivity index (χ4v) is 1.92. The van der Waals surface area contributed by atoms with Crippen molar-refractivity contribution >= 4 is 21.9 Å². The van der Waals surface area contributed by atoms with Crippen LogP contribution in [0.4, 0.5) is 0 Å². The number of aromatic carboxylic acids is 1. The lowest BCUT2D eigenvalue weighted by atomic mass is 10.0. The molecular weight excluding hydrogens is 268 g/mol. The van der Waals surface area contributed by atoms with E-state index in [-0.39, 0.29) is 5.56 Å². The molecule has 0 saturated heterocycles. The van der Waals surface area contributed by atoms with Crippen molar-refractivity contribution in [3.8, 4) is 11.1 Å². The van der Waals surface area contributed by atoms with E-state index in [0.717, 1.165) is 11.1 Å². The number of rotatable bonds is 2. The van der Waals surface area contributed by atoms with Crippen LogP contribution < -0.4 is 0 Å². The Bertz CT molecular complexity index is 521. The summed E-state index contributed by atoms with van der Waals surface area (Å²) in [6, 6.07) is 15.0. The summed E-state index contributed by atoms with van der Waals surface area (Å²) < 4.78 is 0.597. The first-order valence-corrected chi connectivity index (χ1v) is 5.56. The normalized spacial score (nSPS) is 10.1. The molecule has 0 spiro atoms. The molecule has 1 N–H and O–H groups in total. The predicted octanol–water partition coefficient (Wildman–Crippen LogP) is 3.81. The van der Waals surface area contributed by atoms with Crippen molar-refractivity contribution in [1.82, 2.24) is 0 Å². The van der Waals surface area contributed by atoms with Crippen LogP contribution in [-0.2, 0) is 0 Å². The van der Waals surface area contributed by atoms with Crippen molar-refractivity contribution in [2.24, 2.45) is 0 Å². The van der Waals surface area contributed by atoms with Crippen LogP contribution in [-0.4, -0.2) is 11.1 Å². The Kier molecular flexibility index (Phi) is 3.06. The zero-order chi connectivity index (χ0) is 11.5. The van der Waals surface area contributed by atoms with Crippen LogP contribution in [0.5, 0.6) is 0 Å². The Morgan fingerprint density at radius 2 is 1.69 bits per heavy atom. The number of carboxylic acid groups (broad SMARTS) is 1. The highest BCUT2D eigenvalue weighted by atomic mass is 79.9. The van der Waals surface area contributed by atoms with Gasteiger partial charge in [0, 0.05) is 4.47 Å². The van der Waals surface area contributed by atoms with Crippen molar-refractivity contribution in [1.29, 1.82) is 0 Å². The average molecular weight is 277 g/mol. The molecule has 0 radical (unpaired) electrons. The number of hydrogen-bond donors (Lipinski definition) is 1. The molecule has 0 aliphatic rings. The predicted molar refractivity (Wildman–Crippen MR) is 66.5 cm³/mol. The summed E-state index contributed by atoms with van der Waals surface area (Å²) in [6.07, 6.45) is 0. The molecule has 2 nitrogen and oxygen atoms in total. The molecular formula is C13H9BrO2. The van der Waals surface area contributed by atoms with Gasteiger partial charge in [0.15, 0.2) is 0 Å². The van der Waals surface area contributed by atoms with Crippen LogP contribution in [0.25, 0.3) is 11.1 Å². The van der Waals surface area contributed by atoms with Crippen molar-refractivity contribution < 1.29 is 9.90 Å². The maximum atomic E-state index is 11.0. The largest absolute Gasteiger partial charge is 0.478 e. The first kappa shape index (κ1) is 10.9. The van der Waals surface area contributed by atoms with Crippen molar-refractivity contribution in [3.05, 3.63) is 58.6 Å². The molecule has 16 heavy (non-hydrogen) atoms. The quantitative estimate of drug-likeness (QED) is 0.906. The Hall–Kier alpha value is -1.61. The SMILES string of the molecule is O=C(O)c1cc(-c2ccccc2)ccc1Br. The Labute approximate surface area is 102 Å². The second-order valence-electron chi connectivity index (χ2n) is 3.37. The van der Waals surface area contributed by atoms with E-state index in [9.17, 15) is 4.79 Å². The van der Waals surface area contributed by atoms with Gasteiger partial charge in [0.2, 0.25) is 0 Å². The number of carboxylic acids is 1. The van der Waals surface area contributed by atoms with Gasteiger partial charge in [-0.1, -0.05) is 36.4 Å². The minimum atomic E-state index is -0.926. The average Bonchev–Trinajstić information content (AvgIpc) is 2.30. The van der Waals surface area contributed by atoms with Crippen LogP contribution in [0.1, 0.15) is 10.4 Å². The van der Waals surface area contributed by atoms with Crippen molar-refractivity contribution in [2.75, 3.05) is 0 Å². The first-order chi connectivity index (χ1) is 7.68. The third-order valence-electron chi connectivity index (χ3n) is 2.30. The van der Waals surface area contributed by atoms with Gasteiger partial charge in [-0.15, -0.1) is 0 Å². The molecule has 0 amide bonds. The van der Waals surface area contributed by atoms with Gasteiger partial charge in [-0.3, -0.25) is 0 Å². The molecule has 0 atom stereocenters. The Morgan fingerprint density at radius 1 is 1.00 bits per heavy atom. The van der Waals surface area contributed by atoms with E-state index in [4.69, 9.17) is 5.11 Å². The topological polar surface area (TPSA) is 37.3 Å². The number of halogens is 1. The van der Waals surface area contributed by atoms with Crippen LogP contribution in [0.15, 0.2) is 53.0 Å². The minimum absolute atomic E-state index is 0.279. The van der Waals surface area contributed by atoms with E-state index < -0.39 is 5.97 Å². The van der Waals surface area contributed by atoms with Gasteiger partial charge in [0.1, 0.15) is 0 Å². The van der Waals surface area contributed by atoms with Crippen LogP contribution in [0.2, 0.25) is 0 Å². The standard InChI is InChI=1S/C13H9BrO2/c14-12-7-6-10(8-11(12)13(15)16)9-4-2-1-3-5-9/h1-8H,(H,15,16). The number of carbonyl (C=O) groups is 1. The number of hydrogen-bond acceptors (Lipinski definition) is 1. The van der Waals surface area contributed by atoms with E-state index in [1.165, 1.54) is 0 Å². The molecule has 0 unspecified atom stereocenters. The summed E-state index contributed by atoms with van der Waals surface area (Å²) in [4.78, 5) is 11.0. The van der Waals surface area contributed by atoms with Gasteiger partial charge < -0.3 is 5.11 Å². The van der Waals surface area contributed by atoms with Crippen molar-refractivity contribution in [2.45, 2.75) is 0 Å². The molecule has 0 saturated carbocycles. The van der Waals surface area contributed by atoms with Crippen molar-refractivity contribution in [3.63, 3.8) is 0 Å². The molecule has 2 aromatic rings. The van der Waals surface area contributed by atoms with Gasteiger partial charge in [-0.05, 0) is 39.2 Å². The zero-order valence-corrected chi connectivity index (χ0v) is 9.94. The third kappa shape index (κ3) is 2.14. The molecule has 3 heteroatoms. The lowest BCUT2D eigenvalue weighted by molar-refractivity contribution is 0.0696. The van der Waals surface area contributed by atoms with Gasteiger partial charge in [-0.2, -0.15) is 0 Å². The monoisotopic (exact) mass is 276 g/mol. The highest BCUT2D eigenvalue weighted by molar-refractivity contribution is 9.10. The fraction of sp³-hybridized carbons (Fsp3) is 0. The molecule has 0 aromatic heterocycles. The molecule has 0 bridgehead atoms. The minimum Gasteiger partial charge on any atom is -0.478 e. The summed E-state index contributed by atoms with van der Waals surface area (Å²) in [5, 5.41) is 9.01. The Balaban J connectivity index is 2.52. The molecule has 0 aliphatic carbocycles. The molecule has 0 fully saturated rings. The van der Waals surface area contributed by atoms with E-state index in [1.54, 1.807) is 12.1 Å². The molecule has 0 heterocycles. The van der Waals surface area contributed by atoms with Gasteiger partial charge in [-0.25, -0.2) is 4.79 Å². The lowest BCUT2D eigenvalue weighted by Gasteiger charge is -2.04. The van der Waals surface area contributed by atoms with E-state index >= 15 is 0 Å². The van der Waals surface area contributed by atoms with Crippen LogP contribution in [0.3, 0.4) is 0 Å². The zero-order valence-electron chi connectivity index (χ0n) is 8.35. The van der Waals surface area contributed by atoms with E-state index in [1.807, 2.05) is 36.4 Å². The molecule has 2 aromatic carbocycles. The first-order valence-electron chi connectivity index (χ1n) is 4.77. The fourth-order valence-electron chi connectivity index (χ4n) is 1.50. The highest BCUT2D eigenvalue weighted by Crippen LogP contribution is 2.25. The summed E-state index contributed by atoms with van der Waals surface area (Å²) in [7, 11) is 0. The highest BCUT2D eigenvalue weighted by Gasteiger charge is 2.09. The summed E-state index contributed by atoms with van der Waals surface area (Å²) in [5.41, 5.74) is 2.19. The van der Waals surface area contributed by atoms with Gasteiger partial charge in [0.25, 0.3) is 0 Å². The summed E-state index contributed by atoms with van der Waals surface area (Å²) in [6.45, 7) is 0. The summed E-state index contributed by atoms with van der Waals surface area (Å²) in [5.74, 6) is -0.926. The number of benzene rings is 2. The molecule has 2 rings (SSSR count). The molecule has 0 aliphatic heterocycles. The maximum Gasteiger partial charge on any atom is 0.336 e. The second-order valence-corrected chi connectivity index (χ2v) is 4.22. The lowest BCUT2D eigenvalue weighted by Crippen LogP contribution is -1.97. The van der Waals surface area contributed by atoms with E-state index in [0.29, 0.717) is 4.47 Å². The van der Waals surface area contributed by atoms with Crippen LogP contribution >= 0.6 is 15.9 Å². The second kappa shape index (κ2) is 4.49. The van der Waals surface area contributed by atoms with Gasteiger partial charge in [0.05, 0.1) is 5.56 Å². The van der Waals surface area contributed by atoms with E-state index in [2.05, 4.69) is 15.9 Å². The molecule has 80 valence electrons. The van der Waals surface area contributed by atoms with Crippen LogP contribution in [0, 0.1) is 0 Å².